The molecular weight excluding hydrogens is 298 g/mol. The second-order valence-electron chi connectivity index (χ2n) is 8.45. The van der Waals surface area contributed by atoms with Gasteiger partial charge in [0.05, 0.1) is 33.9 Å². The molecule has 1 N–H and O–H groups in total. The first kappa shape index (κ1) is 19.1. The van der Waals surface area contributed by atoms with E-state index >= 15 is 0 Å². The van der Waals surface area contributed by atoms with Crippen molar-refractivity contribution < 1.29 is 14.4 Å². The van der Waals surface area contributed by atoms with Crippen LogP contribution in [0.2, 0.25) is 0 Å². The molecule has 1 aromatic rings. The largest absolute Gasteiger partial charge is 0.493 e. The highest BCUT2D eigenvalue weighted by Gasteiger charge is 2.32. The summed E-state index contributed by atoms with van der Waals surface area (Å²) in [6, 6.07) is 7.11. The minimum atomic E-state index is 0.471. The highest BCUT2D eigenvalue weighted by molar-refractivity contribution is 5.42. The molecule has 1 aliphatic rings. The third-order valence-corrected chi connectivity index (χ3v) is 5.90. The van der Waals surface area contributed by atoms with Crippen molar-refractivity contribution in [2.24, 2.45) is 11.3 Å². The maximum atomic E-state index is 5.41. The Morgan fingerprint density at radius 2 is 1.62 bits per heavy atom. The molecule has 0 heterocycles. The molecule has 24 heavy (non-hydrogen) atoms. The van der Waals surface area contributed by atoms with Gasteiger partial charge >= 0.3 is 0 Å². The standard InChI is InChI=1S/C21H35NO2/c1-21(2,3)17-8-10-18(11-9-17)22(4)14-13-16-7-12-19(23-5)20(15-16)24-6/h7,12,15,17-18H,8-11,13-14H2,1-6H3/p+1. The highest BCUT2D eigenvalue weighted by Crippen LogP contribution is 2.37. The first-order valence-corrected chi connectivity index (χ1v) is 9.38. The van der Waals surface area contributed by atoms with Gasteiger partial charge in [-0.15, -0.1) is 0 Å². The average Bonchev–Trinajstić information content (AvgIpc) is 2.58. The van der Waals surface area contributed by atoms with E-state index in [4.69, 9.17) is 9.47 Å². The molecule has 0 radical (unpaired) electrons. The number of hydrogen-bond acceptors (Lipinski definition) is 2. The molecule has 0 spiro atoms. The molecule has 0 aliphatic heterocycles. The van der Waals surface area contributed by atoms with E-state index in [2.05, 4.69) is 40.0 Å². The molecule has 3 nitrogen and oxygen atoms in total. The molecule has 2 rings (SSSR count). The third kappa shape index (κ3) is 4.89. The lowest BCUT2D eigenvalue weighted by molar-refractivity contribution is -0.907. The first-order chi connectivity index (χ1) is 11.3. The molecule has 136 valence electrons. The van der Waals surface area contributed by atoms with Crippen molar-refractivity contribution >= 4 is 0 Å². The van der Waals surface area contributed by atoms with Gasteiger partial charge in [-0.3, -0.25) is 0 Å². The summed E-state index contributed by atoms with van der Waals surface area (Å²) in [5.41, 5.74) is 1.80. The highest BCUT2D eigenvalue weighted by atomic mass is 16.5. The third-order valence-electron chi connectivity index (χ3n) is 5.90. The molecule has 3 heteroatoms. The van der Waals surface area contributed by atoms with Crippen molar-refractivity contribution in [2.45, 2.75) is 58.9 Å². The first-order valence-electron chi connectivity index (χ1n) is 9.38. The second kappa shape index (κ2) is 8.24. The Labute approximate surface area is 148 Å². The summed E-state index contributed by atoms with van der Waals surface area (Å²) in [7, 11) is 5.75. The Kier molecular flexibility index (Phi) is 6.56. The number of quaternary nitrogens is 1. The summed E-state index contributed by atoms with van der Waals surface area (Å²) >= 11 is 0. The fourth-order valence-electron chi connectivity index (χ4n) is 4.03. The molecule has 1 atom stereocenters. The Balaban J connectivity index is 1.84. The topological polar surface area (TPSA) is 22.9 Å². The zero-order valence-electron chi connectivity index (χ0n) is 16.4. The van der Waals surface area contributed by atoms with E-state index < -0.39 is 0 Å². The zero-order chi connectivity index (χ0) is 17.7. The molecule has 0 amide bonds. The van der Waals surface area contributed by atoms with E-state index in [1.165, 1.54) is 37.8 Å². The van der Waals surface area contributed by atoms with Crippen LogP contribution in [0.25, 0.3) is 0 Å². The summed E-state index contributed by atoms with van der Waals surface area (Å²) < 4.78 is 10.7. The predicted molar refractivity (Wildman–Crippen MR) is 100 cm³/mol. The maximum absolute atomic E-state index is 5.41. The molecule has 0 aromatic heterocycles. The van der Waals surface area contributed by atoms with Crippen molar-refractivity contribution in [3.8, 4) is 11.5 Å². The van der Waals surface area contributed by atoms with E-state index in [1.807, 2.05) is 6.07 Å². The van der Waals surface area contributed by atoms with Gasteiger partial charge in [0.25, 0.3) is 0 Å². The lowest BCUT2D eigenvalue weighted by Gasteiger charge is -2.38. The van der Waals surface area contributed by atoms with Crippen molar-refractivity contribution in [2.75, 3.05) is 27.8 Å². The number of ether oxygens (including phenoxy) is 2. The van der Waals surface area contributed by atoms with Gasteiger partial charge in [-0.2, -0.15) is 0 Å². The van der Waals surface area contributed by atoms with Crippen molar-refractivity contribution in [1.82, 2.24) is 0 Å². The van der Waals surface area contributed by atoms with Gasteiger partial charge in [-0.05, 0) is 54.7 Å². The lowest BCUT2D eigenvalue weighted by atomic mass is 9.71. The second-order valence-corrected chi connectivity index (χ2v) is 8.45. The molecule has 1 aromatic carbocycles. The van der Waals surface area contributed by atoms with Crippen LogP contribution >= 0.6 is 0 Å². The fourth-order valence-corrected chi connectivity index (χ4v) is 4.03. The number of hydrogen-bond donors (Lipinski definition) is 1. The fraction of sp³-hybridized carbons (Fsp3) is 0.714. The van der Waals surface area contributed by atoms with E-state index in [0.29, 0.717) is 5.41 Å². The van der Waals surface area contributed by atoms with Crippen molar-refractivity contribution in [3.63, 3.8) is 0 Å². The summed E-state index contributed by atoms with van der Waals surface area (Å²) in [6.07, 6.45) is 6.62. The zero-order valence-corrected chi connectivity index (χ0v) is 16.4. The molecule has 1 fully saturated rings. The monoisotopic (exact) mass is 334 g/mol. The van der Waals surface area contributed by atoms with Crippen LogP contribution in [0.5, 0.6) is 11.5 Å². The summed E-state index contributed by atoms with van der Waals surface area (Å²) in [5, 5.41) is 0. The van der Waals surface area contributed by atoms with E-state index in [0.717, 1.165) is 29.9 Å². The molecule has 0 saturated heterocycles. The number of benzene rings is 1. The van der Waals surface area contributed by atoms with Gasteiger partial charge in [0.1, 0.15) is 0 Å². The Morgan fingerprint density at radius 1 is 1.00 bits per heavy atom. The molecule has 0 bridgehead atoms. The molecule has 1 unspecified atom stereocenters. The minimum Gasteiger partial charge on any atom is -0.493 e. The smallest absolute Gasteiger partial charge is 0.160 e. The number of methoxy groups -OCH3 is 2. The summed E-state index contributed by atoms with van der Waals surface area (Å²) in [5.74, 6) is 2.54. The van der Waals surface area contributed by atoms with Crippen LogP contribution in [-0.2, 0) is 6.42 Å². The molecule has 1 saturated carbocycles. The van der Waals surface area contributed by atoms with Crippen molar-refractivity contribution in [3.05, 3.63) is 23.8 Å². The van der Waals surface area contributed by atoms with Crippen LogP contribution in [0, 0.1) is 11.3 Å². The van der Waals surface area contributed by atoms with Gasteiger partial charge in [0.15, 0.2) is 11.5 Å². The Bertz CT molecular complexity index is 513. The van der Waals surface area contributed by atoms with Crippen molar-refractivity contribution in [1.29, 1.82) is 0 Å². The summed E-state index contributed by atoms with van der Waals surface area (Å²) in [4.78, 5) is 1.68. The van der Waals surface area contributed by atoms with Gasteiger partial charge in [-0.1, -0.05) is 26.8 Å². The molecule has 1 aliphatic carbocycles. The predicted octanol–water partition coefficient (Wildman–Crippen LogP) is 3.37. The average molecular weight is 335 g/mol. The van der Waals surface area contributed by atoms with Crippen LogP contribution in [0.15, 0.2) is 18.2 Å². The van der Waals surface area contributed by atoms with Gasteiger partial charge < -0.3 is 14.4 Å². The quantitative estimate of drug-likeness (QED) is 0.862. The van der Waals surface area contributed by atoms with E-state index in [-0.39, 0.29) is 0 Å². The maximum Gasteiger partial charge on any atom is 0.160 e. The Morgan fingerprint density at radius 3 is 2.17 bits per heavy atom. The minimum absolute atomic E-state index is 0.471. The molecular formula is C21H36NO2+. The van der Waals surface area contributed by atoms with Crippen LogP contribution in [0.1, 0.15) is 52.0 Å². The number of rotatable bonds is 6. The van der Waals surface area contributed by atoms with E-state index in [9.17, 15) is 0 Å². The Hall–Kier alpha value is -1.22. The van der Waals surface area contributed by atoms with Gasteiger partial charge in [0.2, 0.25) is 0 Å². The van der Waals surface area contributed by atoms with Crippen LogP contribution in [0.4, 0.5) is 0 Å². The van der Waals surface area contributed by atoms with Gasteiger partial charge in [0, 0.05) is 6.42 Å². The summed E-state index contributed by atoms with van der Waals surface area (Å²) in [6.45, 7) is 8.36. The normalized spacial score (nSPS) is 22.9. The number of likely N-dealkylation sites (N-methyl/N-ethyl adjacent to an activating group) is 1. The number of nitrogens with one attached hydrogen (secondary N) is 1. The van der Waals surface area contributed by atoms with Crippen LogP contribution < -0.4 is 14.4 Å². The SMILES string of the molecule is COc1ccc(CC[NH+](C)C2CCC(C(C)(C)C)CC2)cc1OC. The van der Waals surface area contributed by atoms with Gasteiger partial charge in [-0.25, -0.2) is 0 Å². The van der Waals surface area contributed by atoms with E-state index in [1.54, 1.807) is 19.1 Å². The lowest BCUT2D eigenvalue weighted by Crippen LogP contribution is -3.13. The van der Waals surface area contributed by atoms with Crippen LogP contribution in [0.3, 0.4) is 0 Å². The van der Waals surface area contributed by atoms with Crippen LogP contribution in [-0.4, -0.2) is 33.9 Å².